The van der Waals surface area contributed by atoms with Gasteiger partial charge >= 0.3 is 12.2 Å². The van der Waals surface area contributed by atoms with E-state index in [0.29, 0.717) is 26.2 Å². The van der Waals surface area contributed by atoms with Gasteiger partial charge in [0.25, 0.3) is 0 Å². The van der Waals surface area contributed by atoms with Gasteiger partial charge in [0.2, 0.25) is 0 Å². The molecule has 1 aliphatic carbocycles. The van der Waals surface area contributed by atoms with Crippen LogP contribution >= 0.6 is 0 Å². The van der Waals surface area contributed by atoms with E-state index >= 15 is 0 Å². The zero-order chi connectivity index (χ0) is 30.1. The van der Waals surface area contributed by atoms with Crippen LogP contribution in [0, 0.1) is 0 Å². The van der Waals surface area contributed by atoms with Gasteiger partial charge in [0.1, 0.15) is 11.2 Å². The number of nitrogens with one attached hydrogen (secondary N) is 1. The lowest BCUT2D eigenvalue weighted by Crippen LogP contribution is -2.52. The number of hydrogen-bond acceptors (Lipinski definition) is 7. The zero-order valence-corrected chi connectivity index (χ0v) is 26.1. The van der Waals surface area contributed by atoms with E-state index in [1.54, 1.807) is 4.90 Å². The van der Waals surface area contributed by atoms with Crippen molar-refractivity contribution in [2.24, 2.45) is 0 Å². The average molecular weight is 578 g/mol. The summed E-state index contributed by atoms with van der Waals surface area (Å²) < 4.78 is 11.5. The third kappa shape index (κ3) is 7.17. The number of hydrogen-bond donors (Lipinski definition) is 1. The van der Waals surface area contributed by atoms with Crippen molar-refractivity contribution >= 4 is 17.9 Å². The third-order valence-electron chi connectivity index (χ3n) is 8.16. The van der Waals surface area contributed by atoms with E-state index in [2.05, 4.69) is 34.5 Å². The molecule has 1 aromatic heterocycles. The van der Waals surface area contributed by atoms with Gasteiger partial charge in [-0.2, -0.15) is 0 Å². The monoisotopic (exact) mass is 577 g/mol. The van der Waals surface area contributed by atoms with Gasteiger partial charge in [0.05, 0.1) is 11.7 Å². The van der Waals surface area contributed by atoms with Crippen molar-refractivity contribution < 1.29 is 19.1 Å². The Morgan fingerprint density at radius 2 is 1.62 bits per heavy atom. The molecular formula is C33H47N5O4. The quantitative estimate of drug-likeness (QED) is 0.516. The summed E-state index contributed by atoms with van der Waals surface area (Å²) >= 11 is 0. The van der Waals surface area contributed by atoms with Gasteiger partial charge in [0.15, 0.2) is 0 Å². The van der Waals surface area contributed by atoms with Crippen LogP contribution in [-0.2, 0) is 28.9 Å². The van der Waals surface area contributed by atoms with E-state index in [-0.39, 0.29) is 24.3 Å². The van der Waals surface area contributed by atoms with Gasteiger partial charge < -0.3 is 24.6 Å². The standard InChI is InChI=1S/C33H47N5O4/c1-32(2,3)41-30(39)37-18-16-36(17-19-37)28-14-8-11-24-22-38(31(40)42-33(4,5)6)25(20-26(24)28)21-35-27-13-7-10-23-12-9-15-34-29(23)27/h8-9,11-12,14-15,25,27,35H,7,10,13,16-22H2,1-6H3/t25?,27-/m0/s1. The van der Waals surface area contributed by atoms with E-state index in [1.807, 2.05) is 58.7 Å². The first-order valence-corrected chi connectivity index (χ1v) is 15.4. The highest BCUT2D eigenvalue weighted by Gasteiger charge is 2.36. The van der Waals surface area contributed by atoms with E-state index in [0.717, 1.165) is 50.0 Å². The number of rotatable bonds is 4. The maximum Gasteiger partial charge on any atom is 0.410 e. The molecule has 1 saturated heterocycles. The summed E-state index contributed by atoms with van der Waals surface area (Å²) in [5.74, 6) is 0. The number of aromatic nitrogens is 1. The van der Waals surface area contributed by atoms with Crippen molar-refractivity contribution in [1.82, 2.24) is 20.1 Å². The molecular weight excluding hydrogens is 530 g/mol. The van der Waals surface area contributed by atoms with Crippen LogP contribution < -0.4 is 10.2 Å². The predicted octanol–water partition coefficient (Wildman–Crippen LogP) is 5.47. The molecule has 2 aliphatic heterocycles. The van der Waals surface area contributed by atoms with Crippen molar-refractivity contribution in [3.63, 3.8) is 0 Å². The molecule has 0 saturated carbocycles. The van der Waals surface area contributed by atoms with E-state index < -0.39 is 11.2 Å². The number of carbonyl (C=O) groups excluding carboxylic acids is 2. The van der Waals surface area contributed by atoms with Crippen molar-refractivity contribution in [3.05, 3.63) is 58.9 Å². The fourth-order valence-electron chi connectivity index (χ4n) is 6.22. The van der Waals surface area contributed by atoms with Crippen LogP contribution in [0.5, 0.6) is 0 Å². The van der Waals surface area contributed by atoms with Crippen LogP contribution in [0.25, 0.3) is 0 Å². The zero-order valence-electron chi connectivity index (χ0n) is 26.1. The van der Waals surface area contributed by atoms with Gasteiger partial charge in [-0.25, -0.2) is 9.59 Å². The van der Waals surface area contributed by atoms with Crippen LogP contribution in [0.15, 0.2) is 36.5 Å². The van der Waals surface area contributed by atoms with Crippen molar-refractivity contribution in [1.29, 1.82) is 0 Å². The first-order chi connectivity index (χ1) is 19.9. The largest absolute Gasteiger partial charge is 0.444 e. The molecule has 42 heavy (non-hydrogen) atoms. The first kappa shape index (κ1) is 30.1. The maximum atomic E-state index is 13.5. The number of ether oxygens (including phenoxy) is 2. The lowest BCUT2D eigenvalue weighted by Gasteiger charge is -2.42. The Morgan fingerprint density at radius 1 is 0.929 bits per heavy atom. The number of piperazine rings is 1. The summed E-state index contributed by atoms with van der Waals surface area (Å²) in [6.45, 7) is 15.3. The summed E-state index contributed by atoms with van der Waals surface area (Å²) in [6, 6.07) is 10.7. The van der Waals surface area contributed by atoms with Crippen LogP contribution in [0.2, 0.25) is 0 Å². The number of carbonyl (C=O) groups is 2. The van der Waals surface area contributed by atoms with E-state index in [4.69, 9.17) is 14.5 Å². The number of benzene rings is 1. The minimum Gasteiger partial charge on any atom is -0.444 e. The number of pyridine rings is 1. The van der Waals surface area contributed by atoms with Gasteiger partial charge in [-0.3, -0.25) is 9.88 Å². The molecule has 9 heteroatoms. The van der Waals surface area contributed by atoms with Gasteiger partial charge in [-0.1, -0.05) is 18.2 Å². The molecule has 2 amide bonds. The molecule has 2 atom stereocenters. The predicted molar refractivity (Wildman–Crippen MR) is 164 cm³/mol. The van der Waals surface area contributed by atoms with Crippen LogP contribution in [0.4, 0.5) is 15.3 Å². The minimum atomic E-state index is -0.572. The Hall–Kier alpha value is -3.33. The second-order valence-corrected chi connectivity index (χ2v) is 13.7. The molecule has 2 aromatic rings. The molecule has 1 N–H and O–H groups in total. The smallest absolute Gasteiger partial charge is 0.410 e. The molecule has 228 valence electrons. The van der Waals surface area contributed by atoms with E-state index in [9.17, 15) is 9.59 Å². The topological polar surface area (TPSA) is 87.2 Å². The molecule has 0 radical (unpaired) electrons. The number of aryl methyl sites for hydroxylation is 1. The van der Waals surface area contributed by atoms with E-state index in [1.165, 1.54) is 16.8 Å². The number of amides is 2. The van der Waals surface area contributed by atoms with Crippen molar-refractivity contribution in [2.45, 2.75) is 97.1 Å². The first-order valence-electron chi connectivity index (χ1n) is 15.4. The fourth-order valence-corrected chi connectivity index (χ4v) is 6.22. The summed E-state index contributed by atoms with van der Waals surface area (Å²) in [5, 5.41) is 3.78. The van der Waals surface area contributed by atoms with Crippen molar-refractivity contribution in [3.8, 4) is 0 Å². The highest BCUT2D eigenvalue weighted by atomic mass is 16.6. The number of fused-ring (bicyclic) bond motifs is 2. The molecule has 5 rings (SSSR count). The molecule has 3 heterocycles. The summed E-state index contributed by atoms with van der Waals surface area (Å²) in [7, 11) is 0. The lowest BCUT2D eigenvalue weighted by atomic mass is 9.90. The highest BCUT2D eigenvalue weighted by Crippen LogP contribution is 2.34. The molecule has 9 nitrogen and oxygen atoms in total. The average Bonchev–Trinajstić information content (AvgIpc) is 2.93. The Labute approximate surface area is 250 Å². The van der Waals surface area contributed by atoms with Gasteiger partial charge in [-0.05, 0) is 96.0 Å². The fraction of sp³-hybridized carbons (Fsp3) is 0.606. The molecule has 3 aliphatic rings. The van der Waals surface area contributed by atoms with Crippen molar-refractivity contribution in [2.75, 3.05) is 37.6 Å². The summed E-state index contributed by atoms with van der Waals surface area (Å²) in [6.07, 6.45) is 5.29. The number of nitrogens with zero attached hydrogens (tertiary/aromatic N) is 4. The molecule has 1 unspecified atom stereocenters. The SMILES string of the molecule is CC(C)(C)OC(=O)N1CCN(c2cccc3c2CC(CN[C@H]2CCCc4cccnc42)N(C(=O)OC(C)(C)C)C3)CC1. The lowest BCUT2D eigenvalue weighted by molar-refractivity contribution is 0.0116. The van der Waals surface area contributed by atoms with Crippen LogP contribution in [-0.4, -0.2) is 76.9 Å². The molecule has 0 bridgehead atoms. The van der Waals surface area contributed by atoms with Crippen LogP contribution in [0.3, 0.4) is 0 Å². The van der Waals surface area contributed by atoms with Gasteiger partial charge in [0, 0.05) is 57.2 Å². The number of anilines is 1. The Kier molecular flexibility index (Phi) is 8.69. The molecule has 1 aromatic carbocycles. The van der Waals surface area contributed by atoms with Crippen LogP contribution in [0.1, 0.15) is 82.8 Å². The Bertz CT molecular complexity index is 1280. The Balaban J connectivity index is 1.34. The summed E-state index contributed by atoms with van der Waals surface area (Å²) in [5.41, 5.74) is 4.98. The molecule has 0 spiro atoms. The highest BCUT2D eigenvalue weighted by molar-refractivity contribution is 5.71. The maximum absolute atomic E-state index is 13.5. The molecule has 1 fully saturated rings. The van der Waals surface area contributed by atoms with Gasteiger partial charge in [-0.15, -0.1) is 0 Å². The Morgan fingerprint density at radius 3 is 2.33 bits per heavy atom. The second-order valence-electron chi connectivity index (χ2n) is 13.7. The third-order valence-corrected chi connectivity index (χ3v) is 8.16. The second kappa shape index (κ2) is 12.1. The minimum absolute atomic E-state index is 0.0642. The summed E-state index contributed by atoms with van der Waals surface area (Å²) in [4.78, 5) is 36.9. The normalized spacial score (nSPS) is 21.0.